The maximum absolute atomic E-state index is 14.1. The number of esters is 2. The summed E-state index contributed by atoms with van der Waals surface area (Å²) in [5.74, 6) is -1.30. The third-order valence-electron chi connectivity index (χ3n) is 7.33. The van der Waals surface area contributed by atoms with Crippen LogP contribution in [0.2, 0.25) is 0 Å². The molecule has 14 heteroatoms. The van der Waals surface area contributed by atoms with Crippen molar-refractivity contribution in [3.05, 3.63) is 90.5 Å². The van der Waals surface area contributed by atoms with Gasteiger partial charge in [-0.2, -0.15) is 17.2 Å². The van der Waals surface area contributed by atoms with Gasteiger partial charge in [0.25, 0.3) is 0 Å². The molecule has 3 atom stereocenters. The van der Waals surface area contributed by atoms with Crippen molar-refractivity contribution in [2.45, 2.75) is 71.9 Å². The Labute approximate surface area is 281 Å². The Morgan fingerprint density at radius 1 is 0.917 bits per heavy atom. The van der Waals surface area contributed by atoms with Crippen LogP contribution < -0.4 is 9.47 Å². The average molecular weight is 708 g/mol. The fourth-order valence-electron chi connectivity index (χ4n) is 4.46. The summed E-state index contributed by atoms with van der Waals surface area (Å²) < 4.78 is 86.9. The summed E-state index contributed by atoms with van der Waals surface area (Å²) in [5, 5.41) is -4.52. The Hall–Kier alpha value is -3.82. The smallest absolute Gasteiger partial charge is 0.405 e. The Balaban J connectivity index is 1.61. The molecule has 3 unspecified atom stereocenters. The fraction of sp³-hybridized carbons (Fsp3) is 0.353. The number of halogens is 2. The summed E-state index contributed by atoms with van der Waals surface area (Å²) in [6, 6.07) is 20.7. The van der Waals surface area contributed by atoms with Gasteiger partial charge in [0.1, 0.15) is 17.1 Å². The number of carbonyl (C=O) groups excluding carboxylic acids is 2. The molecule has 4 rings (SSSR count). The van der Waals surface area contributed by atoms with Gasteiger partial charge in [0.05, 0.1) is 29.7 Å². The Morgan fingerprint density at radius 3 is 1.88 bits per heavy atom. The lowest BCUT2D eigenvalue weighted by atomic mass is 9.94. The SMILES string of the molecule is C=C(C)C(=O)OCC(=O)Oc1ccc([S+](c2ccc(OC(C)C(F)(F)S(=O)(=O)O)cc2)c2ccc(C3(C)COC(C)(C)CO3)cc2)cc1. The number of hydrogen-bond donors (Lipinski definition) is 1. The number of hydrogen-bond acceptors (Lipinski definition) is 9. The van der Waals surface area contributed by atoms with Crippen molar-refractivity contribution in [3.63, 3.8) is 0 Å². The minimum absolute atomic E-state index is 0.0339. The maximum Gasteiger partial charge on any atom is 0.405 e. The van der Waals surface area contributed by atoms with Gasteiger partial charge in [-0.3, -0.25) is 4.55 Å². The van der Waals surface area contributed by atoms with Crippen LogP contribution in [-0.2, 0) is 50.4 Å². The van der Waals surface area contributed by atoms with E-state index in [4.69, 9.17) is 28.2 Å². The molecule has 10 nitrogen and oxygen atoms in total. The Morgan fingerprint density at radius 2 is 1.42 bits per heavy atom. The topological polar surface area (TPSA) is 135 Å². The molecule has 0 saturated carbocycles. The second-order valence-corrected chi connectivity index (χ2v) is 15.5. The van der Waals surface area contributed by atoms with Crippen LogP contribution >= 0.6 is 0 Å². The van der Waals surface area contributed by atoms with Crippen LogP contribution in [0.1, 0.15) is 40.2 Å². The lowest BCUT2D eigenvalue weighted by Crippen LogP contribution is -2.47. The van der Waals surface area contributed by atoms with Gasteiger partial charge in [-0.1, -0.05) is 18.7 Å². The van der Waals surface area contributed by atoms with Crippen molar-refractivity contribution < 1.29 is 55.0 Å². The minimum atomic E-state index is -5.69. The minimum Gasteiger partial charge on any atom is -0.483 e. The summed E-state index contributed by atoms with van der Waals surface area (Å²) in [7, 11) is -6.46. The zero-order valence-corrected chi connectivity index (χ0v) is 28.7. The highest BCUT2D eigenvalue weighted by molar-refractivity contribution is 7.97. The zero-order valence-electron chi connectivity index (χ0n) is 27.0. The summed E-state index contributed by atoms with van der Waals surface area (Å²) in [6.45, 7) is 11.9. The van der Waals surface area contributed by atoms with E-state index in [-0.39, 0.29) is 17.1 Å². The Bertz CT molecular complexity index is 1730. The number of alkyl halides is 2. The monoisotopic (exact) mass is 707 g/mol. The zero-order chi connectivity index (χ0) is 35.5. The van der Waals surface area contributed by atoms with Gasteiger partial charge >= 0.3 is 27.3 Å². The van der Waals surface area contributed by atoms with E-state index in [1.807, 2.05) is 45.0 Å². The summed E-state index contributed by atoms with van der Waals surface area (Å²) >= 11 is 0. The summed E-state index contributed by atoms with van der Waals surface area (Å²) in [4.78, 5) is 26.2. The predicted octanol–water partition coefficient (Wildman–Crippen LogP) is 6.10. The van der Waals surface area contributed by atoms with Crippen LogP contribution in [0.3, 0.4) is 0 Å². The fourth-order valence-corrected chi connectivity index (χ4v) is 6.97. The molecule has 3 aromatic rings. The van der Waals surface area contributed by atoms with Crippen LogP contribution in [0, 0.1) is 0 Å². The molecule has 1 fully saturated rings. The standard InChI is InChI=1S/C34H36F2O10S2/c1-22(2)31(38)42-19-30(37)46-26-11-17-29(18-12-26)47(27-13-7-24(8-14-27)33(6)21-43-32(4,5)20-44-33)28-15-9-25(10-16-28)45-23(3)34(35,36)48(39,40)41/h7-18,23H,1,19-21H2,2-6H3/p+1. The van der Waals surface area contributed by atoms with E-state index >= 15 is 0 Å². The van der Waals surface area contributed by atoms with Gasteiger partial charge in [-0.25, -0.2) is 9.59 Å². The molecular formula is C34H37F2O10S2+. The lowest BCUT2D eigenvalue weighted by molar-refractivity contribution is -0.221. The van der Waals surface area contributed by atoms with Crippen molar-refractivity contribution in [2.75, 3.05) is 19.8 Å². The van der Waals surface area contributed by atoms with E-state index in [0.717, 1.165) is 27.2 Å². The molecule has 1 aliphatic heterocycles. The predicted molar refractivity (Wildman–Crippen MR) is 173 cm³/mol. The highest BCUT2D eigenvalue weighted by atomic mass is 32.2. The quantitative estimate of drug-likeness (QED) is 0.0775. The van der Waals surface area contributed by atoms with E-state index in [0.29, 0.717) is 13.2 Å². The second-order valence-electron chi connectivity index (χ2n) is 12.0. The van der Waals surface area contributed by atoms with Crippen molar-refractivity contribution >= 4 is 33.0 Å². The van der Waals surface area contributed by atoms with Crippen LogP contribution in [-0.4, -0.2) is 61.7 Å². The molecule has 1 aliphatic rings. The molecule has 0 amide bonds. The van der Waals surface area contributed by atoms with Gasteiger partial charge in [0.2, 0.25) is 0 Å². The van der Waals surface area contributed by atoms with Crippen LogP contribution in [0.15, 0.2) is 99.6 Å². The normalized spacial score (nSPS) is 19.1. The van der Waals surface area contributed by atoms with Gasteiger partial charge in [-0.15, -0.1) is 0 Å². The molecule has 1 heterocycles. The molecule has 48 heavy (non-hydrogen) atoms. The first-order valence-corrected chi connectivity index (χ1v) is 17.4. The molecule has 258 valence electrons. The molecule has 0 aliphatic carbocycles. The second kappa shape index (κ2) is 14.3. The van der Waals surface area contributed by atoms with Crippen molar-refractivity contribution in [1.29, 1.82) is 0 Å². The van der Waals surface area contributed by atoms with E-state index in [1.165, 1.54) is 19.1 Å². The molecule has 0 radical (unpaired) electrons. The number of rotatable bonds is 12. The first-order valence-electron chi connectivity index (χ1n) is 14.7. The van der Waals surface area contributed by atoms with Crippen molar-refractivity contribution in [3.8, 4) is 11.5 Å². The van der Waals surface area contributed by atoms with Crippen LogP contribution in [0.25, 0.3) is 0 Å². The summed E-state index contributed by atoms with van der Waals surface area (Å²) in [5.41, 5.74) is 0.0149. The first kappa shape index (κ1) is 37.0. The third-order valence-corrected chi connectivity index (χ3v) is 10.6. The molecule has 0 aromatic heterocycles. The van der Waals surface area contributed by atoms with Crippen LogP contribution in [0.4, 0.5) is 8.78 Å². The molecule has 1 N–H and O–H groups in total. The van der Waals surface area contributed by atoms with Gasteiger partial charge in [0, 0.05) is 5.57 Å². The first-order chi connectivity index (χ1) is 22.3. The molecule has 3 aromatic carbocycles. The maximum atomic E-state index is 14.1. The highest BCUT2D eigenvalue weighted by Gasteiger charge is 2.51. The van der Waals surface area contributed by atoms with E-state index in [1.54, 1.807) is 36.4 Å². The van der Waals surface area contributed by atoms with Crippen LogP contribution in [0.5, 0.6) is 11.5 Å². The number of ether oxygens (including phenoxy) is 5. The molecule has 0 spiro atoms. The average Bonchev–Trinajstić information content (AvgIpc) is 3.03. The van der Waals surface area contributed by atoms with E-state index < -0.39 is 62.1 Å². The number of carbonyl (C=O) groups is 2. The highest BCUT2D eigenvalue weighted by Crippen LogP contribution is 2.37. The van der Waals surface area contributed by atoms with Crippen molar-refractivity contribution in [1.82, 2.24) is 0 Å². The molecule has 0 bridgehead atoms. The van der Waals surface area contributed by atoms with Gasteiger partial charge < -0.3 is 23.7 Å². The van der Waals surface area contributed by atoms with Crippen molar-refractivity contribution in [2.24, 2.45) is 0 Å². The van der Waals surface area contributed by atoms with E-state index in [9.17, 15) is 26.8 Å². The Kier molecular flexibility index (Phi) is 11.1. The summed E-state index contributed by atoms with van der Waals surface area (Å²) in [6.07, 6.45) is -2.17. The lowest BCUT2D eigenvalue weighted by Gasteiger charge is -2.41. The van der Waals surface area contributed by atoms with Gasteiger partial charge in [-0.05, 0) is 101 Å². The largest absolute Gasteiger partial charge is 0.483 e. The third kappa shape index (κ3) is 8.80. The number of benzene rings is 3. The molecule has 1 saturated heterocycles. The van der Waals surface area contributed by atoms with E-state index in [2.05, 4.69) is 6.58 Å². The molecular weight excluding hydrogens is 670 g/mol. The van der Waals surface area contributed by atoms with Gasteiger partial charge in [0.15, 0.2) is 27.4 Å².